The molecule has 0 spiro atoms. The van der Waals surface area contributed by atoms with Crippen LogP contribution in [0.2, 0.25) is 0 Å². The second-order valence-electron chi connectivity index (χ2n) is 9.97. The third kappa shape index (κ3) is 5.83. The van der Waals surface area contributed by atoms with Gasteiger partial charge in [-0.05, 0) is 89.8 Å². The third-order valence-electron chi connectivity index (χ3n) is 6.19. The summed E-state index contributed by atoms with van der Waals surface area (Å²) in [7, 11) is -3.96. The minimum absolute atomic E-state index is 0.0897. The van der Waals surface area contributed by atoms with E-state index in [1.165, 1.54) is 4.31 Å². The van der Waals surface area contributed by atoms with E-state index in [1.807, 2.05) is 6.92 Å². The second-order valence-corrected chi connectivity index (χ2v) is 11.8. The average molecular weight is 468 g/mol. The quantitative estimate of drug-likeness (QED) is 0.613. The molecule has 3 rings (SSSR count). The van der Waals surface area contributed by atoms with E-state index in [4.69, 9.17) is 9.47 Å². The van der Waals surface area contributed by atoms with Crippen LogP contribution in [0.25, 0.3) is 0 Å². The molecule has 0 unspecified atom stereocenters. The zero-order valence-electron chi connectivity index (χ0n) is 19.7. The van der Waals surface area contributed by atoms with Crippen LogP contribution in [0.5, 0.6) is 5.75 Å². The lowest BCUT2D eigenvalue weighted by molar-refractivity contribution is -0.158. The molecule has 1 N–H and O–H groups in total. The van der Waals surface area contributed by atoms with Crippen LogP contribution in [0.4, 0.5) is 0 Å². The molecule has 8 heteroatoms. The summed E-state index contributed by atoms with van der Waals surface area (Å²) < 4.78 is 40.5. The summed E-state index contributed by atoms with van der Waals surface area (Å²) in [5, 5.41) is 9.43. The monoisotopic (exact) mass is 467 g/mol. The van der Waals surface area contributed by atoms with E-state index in [2.05, 4.69) is 0 Å². The van der Waals surface area contributed by atoms with Crippen LogP contribution < -0.4 is 4.74 Å². The molecule has 32 heavy (non-hydrogen) atoms. The van der Waals surface area contributed by atoms with Gasteiger partial charge >= 0.3 is 5.97 Å². The molecule has 1 aliphatic heterocycles. The fourth-order valence-corrected chi connectivity index (χ4v) is 6.42. The van der Waals surface area contributed by atoms with Crippen LogP contribution in [-0.2, 0) is 19.6 Å². The van der Waals surface area contributed by atoms with Crippen LogP contribution in [0.15, 0.2) is 23.1 Å². The van der Waals surface area contributed by atoms with Crippen LogP contribution >= 0.6 is 0 Å². The molecule has 3 atom stereocenters. The highest BCUT2D eigenvalue weighted by molar-refractivity contribution is 7.89. The topological polar surface area (TPSA) is 93.1 Å². The zero-order chi connectivity index (χ0) is 23.5. The Morgan fingerprint density at radius 3 is 2.56 bits per heavy atom. The van der Waals surface area contributed by atoms with Gasteiger partial charge in [-0.15, -0.1) is 0 Å². The minimum atomic E-state index is -3.96. The van der Waals surface area contributed by atoms with Crippen molar-refractivity contribution in [2.75, 3.05) is 13.2 Å². The molecule has 2 aliphatic rings. The number of ether oxygens (including phenoxy) is 2. The first kappa shape index (κ1) is 25.0. The number of aliphatic hydroxyl groups excluding tert-OH is 1. The van der Waals surface area contributed by atoms with Crippen LogP contribution in [-0.4, -0.2) is 54.7 Å². The summed E-state index contributed by atoms with van der Waals surface area (Å²) in [6.45, 7) is 7.59. The smallest absolute Gasteiger partial charge is 0.324 e. The number of sulfonamides is 1. The number of nitrogens with zero attached hydrogens (tertiary/aromatic N) is 1. The van der Waals surface area contributed by atoms with Crippen molar-refractivity contribution in [1.29, 1.82) is 0 Å². The minimum Gasteiger partial charge on any atom is -0.489 e. The Bertz CT molecular complexity index is 906. The molecule has 1 heterocycles. The van der Waals surface area contributed by atoms with Crippen molar-refractivity contribution in [2.24, 2.45) is 5.92 Å². The SMILES string of the molecule is Cc1ccc(S(=O)(=O)N2CCC[C@H]2C(=O)OC(C)(C)C)c(O[C@@H]2CCCC[C@H]2CCO)c1. The molecule has 0 bridgehead atoms. The van der Waals surface area contributed by atoms with Gasteiger partial charge in [0.1, 0.15) is 28.4 Å². The standard InChI is InChI=1S/C24H37NO6S/c1-17-11-12-22(21(16-17)30-20-10-6-5-8-18(20)13-15-26)32(28,29)25-14-7-9-19(25)23(27)31-24(2,3)4/h11-12,16,18-20,26H,5-10,13-15H2,1-4H3/t18-,19-,20+/m0/s1. The van der Waals surface area contributed by atoms with Crippen molar-refractivity contribution >= 4 is 16.0 Å². The van der Waals surface area contributed by atoms with Gasteiger partial charge < -0.3 is 14.6 Å². The maximum atomic E-state index is 13.7. The number of aryl methyl sites for hydroxylation is 1. The van der Waals surface area contributed by atoms with Gasteiger partial charge in [-0.3, -0.25) is 4.79 Å². The molecule has 0 aromatic heterocycles. The molecule has 1 aromatic rings. The maximum absolute atomic E-state index is 13.7. The molecule has 1 aliphatic carbocycles. The predicted molar refractivity (Wildman–Crippen MR) is 122 cm³/mol. The van der Waals surface area contributed by atoms with E-state index in [0.29, 0.717) is 25.0 Å². The van der Waals surface area contributed by atoms with E-state index in [1.54, 1.807) is 39.0 Å². The second kappa shape index (κ2) is 10.1. The number of hydrogen-bond acceptors (Lipinski definition) is 6. The van der Waals surface area contributed by atoms with Crippen molar-refractivity contribution in [3.05, 3.63) is 23.8 Å². The first-order valence-electron chi connectivity index (χ1n) is 11.7. The van der Waals surface area contributed by atoms with Gasteiger partial charge in [0.25, 0.3) is 0 Å². The first-order valence-corrected chi connectivity index (χ1v) is 13.1. The number of esters is 1. The van der Waals surface area contributed by atoms with Crippen LogP contribution in [0.3, 0.4) is 0 Å². The Morgan fingerprint density at radius 1 is 1.16 bits per heavy atom. The molecular formula is C24H37NO6S. The van der Waals surface area contributed by atoms with Gasteiger partial charge in [-0.2, -0.15) is 4.31 Å². The molecule has 180 valence electrons. The molecule has 2 fully saturated rings. The van der Waals surface area contributed by atoms with Crippen molar-refractivity contribution < 1.29 is 27.8 Å². The summed E-state index contributed by atoms with van der Waals surface area (Å²) in [6.07, 6.45) is 5.47. The summed E-state index contributed by atoms with van der Waals surface area (Å²) in [5.74, 6) is 0.0178. The van der Waals surface area contributed by atoms with E-state index in [-0.39, 0.29) is 30.1 Å². The normalized spacial score (nSPS) is 25.0. The molecule has 0 amide bonds. The van der Waals surface area contributed by atoms with Gasteiger partial charge in [0, 0.05) is 13.2 Å². The Labute approximate surface area is 192 Å². The Balaban J connectivity index is 1.90. The maximum Gasteiger partial charge on any atom is 0.324 e. The van der Waals surface area contributed by atoms with Crippen molar-refractivity contribution in [1.82, 2.24) is 4.31 Å². The summed E-state index contributed by atoms with van der Waals surface area (Å²) in [6, 6.07) is 4.26. The number of carbonyl (C=O) groups is 1. The van der Waals surface area contributed by atoms with Gasteiger partial charge in [0.05, 0.1) is 0 Å². The highest BCUT2D eigenvalue weighted by Gasteiger charge is 2.43. The Kier molecular flexibility index (Phi) is 7.89. The van der Waals surface area contributed by atoms with Crippen LogP contribution in [0.1, 0.15) is 71.3 Å². The Hall–Kier alpha value is -1.64. The zero-order valence-corrected chi connectivity index (χ0v) is 20.5. The summed E-state index contributed by atoms with van der Waals surface area (Å²) in [5.41, 5.74) is 0.217. The molecule has 1 aromatic carbocycles. The van der Waals surface area contributed by atoms with Gasteiger partial charge in [-0.1, -0.05) is 12.5 Å². The van der Waals surface area contributed by atoms with Gasteiger partial charge in [0.2, 0.25) is 10.0 Å². The lowest BCUT2D eigenvalue weighted by atomic mass is 9.84. The highest BCUT2D eigenvalue weighted by Crippen LogP contribution is 2.37. The first-order chi connectivity index (χ1) is 15.0. The third-order valence-corrected chi connectivity index (χ3v) is 8.13. The predicted octanol–water partition coefficient (Wildman–Crippen LogP) is 3.81. The fourth-order valence-electron chi connectivity index (χ4n) is 4.67. The van der Waals surface area contributed by atoms with Crippen LogP contribution in [0, 0.1) is 12.8 Å². The van der Waals surface area contributed by atoms with E-state index >= 15 is 0 Å². The van der Waals surface area contributed by atoms with Gasteiger partial charge in [0.15, 0.2) is 0 Å². The van der Waals surface area contributed by atoms with E-state index in [9.17, 15) is 18.3 Å². The molecule has 1 saturated carbocycles. The number of carbonyl (C=O) groups excluding carboxylic acids is 1. The Morgan fingerprint density at radius 2 is 1.88 bits per heavy atom. The lowest BCUT2D eigenvalue weighted by Crippen LogP contribution is -2.43. The number of aliphatic hydroxyl groups is 1. The van der Waals surface area contributed by atoms with Crippen molar-refractivity contribution in [2.45, 2.75) is 95.3 Å². The number of hydrogen-bond donors (Lipinski definition) is 1. The summed E-state index contributed by atoms with van der Waals surface area (Å²) in [4.78, 5) is 12.8. The molecule has 7 nitrogen and oxygen atoms in total. The lowest BCUT2D eigenvalue weighted by Gasteiger charge is -2.33. The van der Waals surface area contributed by atoms with E-state index < -0.39 is 27.6 Å². The molecule has 0 radical (unpaired) electrons. The van der Waals surface area contributed by atoms with Crippen molar-refractivity contribution in [3.63, 3.8) is 0 Å². The van der Waals surface area contributed by atoms with Gasteiger partial charge in [-0.25, -0.2) is 8.42 Å². The highest BCUT2D eigenvalue weighted by atomic mass is 32.2. The van der Waals surface area contributed by atoms with E-state index in [0.717, 1.165) is 31.2 Å². The fraction of sp³-hybridized carbons (Fsp3) is 0.708. The average Bonchev–Trinajstić information content (AvgIpc) is 3.19. The van der Waals surface area contributed by atoms with Crippen molar-refractivity contribution in [3.8, 4) is 5.75 Å². The number of rotatable bonds is 7. The largest absolute Gasteiger partial charge is 0.489 e. The molecular weight excluding hydrogens is 430 g/mol. The summed E-state index contributed by atoms with van der Waals surface area (Å²) >= 11 is 0. The molecule has 1 saturated heterocycles. The number of benzene rings is 1.